The number of sulfonamides is 1. The van der Waals surface area contributed by atoms with E-state index < -0.39 is 10.0 Å². The Bertz CT molecular complexity index is 1050. The average molecular weight is 367 g/mol. The van der Waals surface area contributed by atoms with Crippen molar-refractivity contribution >= 4 is 20.8 Å². The van der Waals surface area contributed by atoms with Crippen LogP contribution in [0.2, 0.25) is 0 Å². The highest BCUT2D eigenvalue weighted by Gasteiger charge is 2.20. The lowest BCUT2D eigenvalue weighted by atomic mass is 10.0. The van der Waals surface area contributed by atoms with Crippen molar-refractivity contribution in [2.45, 2.75) is 30.7 Å². The minimum atomic E-state index is -3.59. The molecule has 1 aliphatic rings. The van der Waals surface area contributed by atoms with Crippen LogP contribution in [0.1, 0.15) is 18.1 Å². The van der Waals surface area contributed by atoms with Gasteiger partial charge < -0.3 is 4.74 Å². The molecule has 4 nitrogen and oxygen atoms in total. The van der Waals surface area contributed by atoms with Gasteiger partial charge in [-0.3, -0.25) is 0 Å². The largest absolute Gasteiger partial charge is 0.493 e. The standard InChI is InChI=1S/C21H21NO3S/c1-15(13-16-9-10-20-18(14-16)11-12-25-20)22-26(23,24)21-8-4-6-17-5-2-3-7-19(17)21/h2-10,14-15,22H,11-13H2,1H3/t15-/m1/s1. The number of fused-ring (bicyclic) bond motifs is 2. The maximum absolute atomic E-state index is 12.9. The molecule has 1 atom stereocenters. The molecule has 0 radical (unpaired) electrons. The predicted molar refractivity (Wildman–Crippen MR) is 103 cm³/mol. The zero-order valence-electron chi connectivity index (χ0n) is 14.6. The molecule has 4 rings (SSSR count). The second-order valence-corrected chi connectivity index (χ2v) is 8.43. The van der Waals surface area contributed by atoms with E-state index in [0.29, 0.717) is 11.3 Å². The minimum absolute atomic E-state index is 0.209. The number of hydrogen-bond donors (Lipinski definition) is 1. The fourth-order valence-electron chi connectivity index (χ4n) is 3.52. The second kappa shape index (κ2) is 6.74. The summed E-state index contributed by atoms with van der Waals surface area (Å²) in [6, 6.07) is 18.8. The molecule has 3 aromatic rings. The van der Waals surface area contributed by atoms with Gasteiger partial charge in [0.15, 0.2) is 0 Å². The third-order valence-electron chi connectivity index (χ3n) is 4.69. The first-order chi connectivity index (χ1) is 12.5. The third kappa shape index (κ3) is 3.32. The van der Waals surface area contributed by atoms with Crippen LogP contribution in [0.4, 0.5) is 0 Å². The molecule has 0 saturated heterocycles. The summed E-state index contributed by atoms with van der Waals surface area (Å²) in [7, 11) is -3.59. The fraction of sp³-hybridized carbons (Fsp3) is 0.238. The molecule has 0 bridgehead atoms. The molecule has 3 aromatic carbocycles. The van der Waals surface area contributed by atoms with Crippen LogP contribution in [0, 0.1) is 0 Å². The molecule has 1 N–H and O–H groups in total. The predicted octanol–water partition coefficient (Wildman–Crippen LogP) is 3.68. The van der Waals surface area contributed by atoms with Gasteiger partial charge >= 0.3 is 0 Å². The SMILES string of the molecule is C[C@H](Cc1ccc2c(c1)CCO2)NS(=O)(=O)c1cccc2ccccc12. The quantitative estimate of drug-likeness (QED) is 0.748. The van der Waals surface area contributed by atoms with Crippen molar-refractivity contribution in [2.24, 2.45) is 0 Å². The maximum Gasteiger partial charge on any atom is 0.241 e. The van der Waals surface area contributed by atoms with Crippen LogP contribution in [0.25, 0.3) is 10.8 Å². The molecule has 0 aliphatic carbocycles. The molecule has 0 saturated carbocycles. The topological polar surface area (TPSA) is 55.4 Å². The van der Waals surface area contributed by atoms with E-state index in [1.54, 1.807) is 12.1 Å². The minimum Gasteiger partial charge on any atom is -0.493 e. The zero-order valence-corrected chi connectivity index (χ0v) is 15.4. The Kier molecular flexibility index (Phi) is 4.42. The number of hydrogen-bond acceptors (Lipinski definition) is 3. The van der Waals surface area contributed by atoms with Gasteiger partial charge in [-0.25, -0.2) is 13.1 Å². The molecule has 5 heteroatoms. The van der Waals surface area contributed by atoms with E-state index in [4.69, 9.17) is 4.74 Å². The van der Waals surface area contributed by atoms with Gasteiger partial charge in [0.2, 0.25) is 10.0 Å². The molecule has 0 amide bonds. The van der Waals surface area contributed by atoms with E-state index >= 15 is 0 Å². The van der Waals surface area contributed by atoms with Gasteiger partial charge in [0.1, 0.15) is 5.75 Å². The van der Waals surface area contributed by atoms with E-state index in [0.717, 1.165) is 35.1 Å². The molecule has 0 unspecified atom stereocenters. The van der Waals surface area contributed by atoms with Crippen molar-refractivity contribution in [1.29, 1.82) is 0 Å². The van der Waals surface area contributed by atoms with Crippen LogP contribution >= 0.6 is 0 Å². The van der Waals surface area contributed by atoms with Crippen LogP contribution in [-0.2, 0) is 22.9 Å². The van der Waals surface area contributed by atoms with Crippen molar-refractivity contribution in [3.05, 3.63) is 71.8 Å². The lowest BCUT2D eigenvalue weighted by molar-refractivity contribution is 0.357. The Labute approximate surface area is 153 Å². The number of rotatable bonds is 5. The average Bonchev–Trinajstić information content (AvgIpc) is 3.08. The summed E-state index contributed by atoms with van der Waals surface area (Å²) in [6.07, 6.45) is 1.55. The molecule has 134 valence electrons. The van der Waals surface area contributed by atoms with Crippen LogP contribution in [0.15, 0.2) is 65.6 Å². The summed E-state index contributed by atoms with van der Waals surface area (Å²) in [5, 5.41) is 1.66. The van der Waals surface area contributed by atoms with Crippen LogP contribution in [-0.4, -0.2) is 21.1 Å². The zero-order chi connectivity index (χ0) is 18.1. The maximum atomic E-state index is 12.9. The van der Waals surface area contributed by atoms with Crippen molar-refractivity contribution < 1.29 is 13.2 Å². The first-order valence-corrected chi connectivity index (χ1v) is 10.3. The Morgan fingerprint density at radius 3 is 2.77 bits per heavy atom. The first kappa shape index (κ1) is 17.1. The molecule has 1 aliphatic heterocycles. The highest BCUT2D eigenvalue weighted by atomic mass is 32.2. The third-order valence-corrected chi connectivity index (χ3v) is 6.34. The molecule has 26 heavy (non-hydrogen) atoms. The van der Waals surface area contributed by atoms with Crippen LogP contribution in [0.3, 0.4) is 0 Å². The molecular weight excluding hydrogens is 346 g/mol. The Hall–Kier alpha value is -2.37. The van der Waals surface area contributed by atoms with E-state index in [9.17, 15) is 8.42 Å². The first-order valence-electron chi connectivity index (χ1n) is 8.78. The summed E-state index contributed by atoms with van der Waals surface area (Å²) in [5.74, 6) is 0.942. The summed E-state index contributed by atoms with van der Waals surface area (Å²) < 4.78 is 34.2. The van der Waals surface area contributed by atoms with Crippen molar-refractivity contribution in [3.63, 3.8) is 0 Å². The van der Waals surface area contributed by atoms with Crippen molar-refractivity contribution in [1.82, 2.24) is 4.72 Å². The highest BCUT2D eigenvalue weighted by Crippen LogP contribution is 2.27. The smallest absolute Gasteiger partial charge is 0.241 e. The van der Waals surface area contributed by atoms with Gasteiger partial charge in [-0.05, 0) is 42.0 Å². The second-order valence-electron chi connectivity index (χ2n) is 6.74. The normalized spacial score (nSPS) is 14.8. The lowest BCUT2D eigenvalue weighted by Crippen LogP contribution is -2.34. The van der Waals surface area contributed by atoms with E-state index in [1.807, 2.05) is 49.4 Å². The van der Waals surface area contributed by atoms with Gasteiger partial charge in [-0.1, -0.05) is 48.5 Å². The van der Waals surface area contributed by atoms with Crippen LogP contribution < -0.4 is 9.46 Å². The summed E-state index contributed by atoms with van der Waals surface area (Å²) >= 11 is 0. The van der Waals surface area contributed by atoms with Crippen LogP contribution in [0.5, 0.6) is 5.75 Å². The molecule has 0 spiro atoms. The van der Waals surface area contributed by atoms with Gasteiger partial charge in [0.05, 0.1) is 11.5 Å². The number of nitrogens with one attached hydrogen (secondary N) is 1. The van der Waals surface area contributed by atoms with Crippen molar-refractivity contribution in [3.8, 4) is 5.75 Å². The number of benzene rings is 3. The van der Waals surface area contributed by atoms with Gasteiger partial charge in [0.25, 0.3) is 0 Å². The summed E-state index contributed by atoms with van der Waals surface area (Å²) in [4.78, 5) is 0.324. The molecule has 0 fully saturated rings. The van der Waals surface area contributed by atoms with E-state index in [1.165, 1.54) is 5.56 Å². The highest BCUT2D eigenvalue weighted by molar-refractivity contribution is 7.89. The summed E-state index contributed by atoms with van der Waals surface area (Å²) in [6.45, 7) is 2.62. The van der Waals surface area contributed by atoms with E-state index in [-0.39, 0.29) is 6.04 Å². The van der Waals surface area contributed by atoms with Gasteiger partial charge in [-0.2, -0.15) is 0 Å². The molecule has 1 heterocycles. The Morgan fingerprint density at radius 1 is 1.08 bits per heavy atom. The molecule has 0 aromatic heterocycles. The van der Waals surface area contributed by atoms with Gasteiger partial charge in [-0.15, -0.1) is 0 Å². The lowest BCUT2D eigenvalue weighted by Gasteiger charge is -2.16. The molecular formula is C21H21NO3S. The number of ether oxygens (including phenoxy) is 1. The van der Waals surface area contributed by atoms with E-state index in [2.05, 4.69) is 10.8 Å². The fourth-order valence-corrected chi connectivity index (χ4v) is 4.99. The monoisotopic (exact) mass is 367 g/mol. The Balaban J connectivity index is 1.55. The van der Waals surface area contributed by atoms with Gasteiger partial charge in [0, 0.05) is 17.8 Å². The summed E-state index contributed by atoms with van der Waals surface area (Å²) in [5.41, 5.74) is 2.31. The van der Waals surface area contributed by atoms with Crippen molar-refractivity contribution in [2.75, 3.05) is 6.61 Å². The Morgan fingerprint density at radius 2 is 1.88 bits per heavy atom.